The highest BCUT2D eigenvalue weighted by atomic mass is 16.3. The number of hydrogen-bond acceptors (Lipinski definition) is 1. The van der Waals surface area contributed by atoms with Crippen molar-refractivity contribution in [3.8, 4) is 39.3 Å². The van der Waals surface area contributed by atoms with E-state index in [2.05, 4.69) is 174 Å². The normalized spacial score (nSPS) is 15.0. The number of fused-ring (bicyclic) bond motifs is 3. The Kier molecular flexibility index (Phi) is 8.73. The Labute approximate surface area is 309 Å². The van der Waals surface area contributed by atoms with Crippen LogP contribution in [0.15, 0.2) is 114 Å². The molecular weight excluding hydrogens is 633 g/mol. The van der Waals surface area contributed by atoms with Gasteiger partial charge in [-0.3, -0.25) is 0 Å². The zero-order valence-electron chi connectivity index (χ0n) is 32.3. The lowest BCUT2D eigenvalue weighted by Gasteiger charge is -2.34. The van der Waals surface area contributed by atoms with Crippen LogP contribution in [0.25, 0.3) is 61.3 Å². The van der Waals surface area contributed by atoms with Crippen LogP contribution in [-0.2, 0) is 7.05 Å². The Morgan fingerprint density at radius 3 is 1.88 bits per heavy atom. The number of benzene rings is 5. The van der Waals surface area contributed by atoms with E-state index in [0.717, 1.165) is 38.9 Å². The second kappa shape index (κ2) is 13.3. The van der Waals surface area contributed by atoms with Crippen LogP contribution in [0.4, 0.5) is 0 Å². The average Bonchev–Trinajstić information content (AvgIpc) is 3.70. The number of aryl methyl sites for hydroxylation is 2. The zero-order valence-corrected chi connectivity index (χ0v) is 32.3. The van der Waals surface area contributed by atoms with Crippen molar-refractivity contribution in [2.45, 2.75) is 91.9 Å². The predicted octanol–water partition coefficient (Wildman–Crippen LogP) is 13.4. The van der Waals surface area contributed by atoms with Crippen molar-refractivity contribution in [3.05, 3.63) is 132 Å². The van der Waals surface area contributed by atoms with Gasteiger partial charge in [-0.05, 0) is 101 Å². The van der Waals surface area contributed by atoms with Gasteiger partial charge in [0.05, 0.1) is 7.05 Å². The smallest absolute Gasteiger partial charge is 0.297 e. The molecule has 7 aromatic rings. The largest absolute Gasteiger partial charge is 0.455 e. The molecule has 264 valence electrons. The maximum Gasteiger partial charge on any atom is 0.297 e. The van der Waals surface area contributed by atoms with Crippen molar-refractivity contribution in [2.24, 2.45) is 12.5 Å². The van der Waals surface area contributed by atoms with Gasteiger partial charge in [0.2, 0.25) is 0 Å². The highest BCUT2D eigenvalue weighted by Crippen LogP contribution is 2.43. The van der Waals surface area contributed by atoms with Gasteiger partial charge in [0.15, 0.2) is 5.58 Å². The summed E-state index contributed by atoms with van der Waals surface area (Å²) < 4.78 is 11.5. The summed E-state index contributed by atoms with van der Waals surface area (Å²) in [6.07, 6.45) is 9.63. The average molecular weight is 686 g/mol. The van der Waals surface area contributed by atoms with E-state index in [9.17, 15) is 0 Å². The predicted molar refractivity (Wildman–Crippen MR) is 218 cm³/mol. The van der Waals surface area contributed by atoms with Crippen LogP contribution in [0, 0.1) is 12.3 Å². The summed E-state index contributed by atoms with van der Waals surface area (Å²) in [6.45, 7) is 16.2. The molecule has 3 heteroatoms. The van der Waals surface area contributed by atoms with E-state index in [1.807, 2.05) is 0 Å². The molecule has 0 aliphatic heterocycles. The maximum absolute atomic E-state index is 6.89. The molecule has 0 saturated heterocycles. The number of nitrogens with zero attached hydrogens (tertiary/aromatic N) is 2. The first kappa shape index (κ1) is 34.2. The lowest BCUT2D eigenvalue weighted by molar-refractivity contribution is -0.659. The van der Waals surface area contributed by atoms with Crippen LogP contribution in [0.5, 0.6) is 0 Å². The van der Waals surface area contributed by atoms with E-state index in [0.29, 0.717) is 23.2 Å². The first-order chi connectivity index (χ1) is 25.0. The van der Waals surface area contributed by atoms with Gasteiger partial charge < -0.3 is 4.42 Å². The summed E-state index contributed by atoms with van der Waals surface area (Å²) in [5.41, 5.74) is 15.0. The highest BCUT2D eigenvalue weighted by Gasteiger charge is 2.30. The van der Waals surface area contributed by atoms with Gasteiger partial charge in [0, 0.05) is 21.9 Å². The minimum atomic E-state index is 0.393. The fourth-order valence-corrected chi connectivity index (χ4v) is 8.68. The SMILES string of the molecule is Cc1ccc2c(oc3cc(-c4ccc(-c5ccc(C6CCC(C)(C)CC6)cc5)cc4)ccc32)c1-c1n(-c2c(C(C)C)cccc2C(C)C)cc[n+]1C. The zero-order chi connectivity index (χ0) is 36.3. The van der Waals surface area contributed by atoms with Crippen LogP contribution in [0.3, 0.4) is 0 Å². The van der Waals surface area contributed by atoms with E-state index in [1.165, 1.54) is 70.3 Å². The molecule has 0 unspecified atom stereocenters. The topological polar surface area (TPSA) is 21.9 Å². The van der Waals surface area contributed by atoms with Crippen molar-refractivity contribution < 1.29 is 8.98 Å². The van der Waals surface area contributed by atoms with Crippen molar-refractivity contribution >= 4 is 21.9 Å². The summed E-state index contributed by atoms with van der Waals surface area (Å²) in [6, 6.07) is 36.3. The Bertz CT molecular complexity index is 2360. The molecule has 0 spiro atoms. The lowest BCUT2D eigenvalue weighted by Crippen LogP contribution is -2.29. The molecule has 0 bridgehead atoms. The Morgan fingerprint density at radius 2 is 1.27 bits per heavy atom. The molecular formula is C49H53N2O+. The molecule has 2 heterocycles. The minimum Gasteiger partial charge on any atom is -0.455 e. The van der Waals surface area contributed by atoms with Gasteiger partial charge in [-0.2, -0.15) is 4.57 Å². The molecule has 0 radical (unpaired) electrons. The number of para-hydroxylation sites is 1. The van der Waals surface area contributed by atoms with Crippen LogP contribution >= 0.6 is 0 Å². The van der Waals surface area contributed by atoms with Crippen LogP contribution in [0.2, 0.25) is 0 Å². The Balaban J connectivity index is 1.14. The van der Waals surface area contributed by atoms with Crippen molar-refractivity contribution in [3.63, 3.8) is 0 Å². The van der Waals surface area contributed by atoms with Crippen LogP contribution in [0.1, 0.15) is 107 Å². The van der Waals surface area contributed by atoms with Crippen molar-refractivity contribution in [1.82, 2.24) is 4.57 Å². The van der Waals surface area contributed by atoms with Crippen molar-refractivity contribution in [1.29, 1.82) is 0 Å². The summed E-state index contributed by atoms with van der Waals surface area (Å²) in [4.78, 5) is 0. The second-order valence-electron chi connectivity index (χ2n) is 16.8. The molecule has 52 heavy (non-hydrogen) atoms. The molecule has 2 aromatic heterocycles. The van der Waals surface area contributed by atoms with E-state index in [-0.39, 0.29) is 0 Å². The third-order valence-corrected chi connectivity index (χ3v) is 11.9. The van der Waals surface area contributed by atoms with Crippen molar-refractivity contribution in [2.75, 3.05) is 0 Å². The van der Waals surface area contributed by atoms with Gasteiger partial charge in [0.1, 0.15) is 29.2 Å². The van der Waals surface area contributed by atoms with Gasteiger partial charge >= 0.3 is 0 Å². The maximum atomic E-state index is 6.89. The fraction of sp³-hybridized carbons (Fsp3) is 0.327. The molecule has 5 aromatic carbocycles. The van der Waals surface area contributed by atoms with Gasteiger partial charge in [-0.25, -0.2) is 4.57 Å². The van der Waals surface area contributed by atoms with Gasteiger partial charge in [-0.1, -0.05) is 126 Å². The van der Waals surface area contributed by atoms with E-state index < -0.39 is 0 Å². The molecule has 8 rings (SSSR count). The number of rotatable bonds is 7. The van der Waals surface area contributed by atoms with Crippen LogP contribution < -0.4 is 4.57 Å². The lowest BCUT2D eigenvalue weighted by atomic mass is 9.71. The van der Waals surface area contributed by atoms with E-state index in [1.54, 1.807) is 0 Å². The summed E-state index contributed by atoms with van der Waals surface area (Å²) in [7, 11) is 2.15. The van der Waals surface area contributed by atoms with E-state index >= 15 is 0 Å². The molecule has 0 amide bonds. The second-order valence-corrected chi connectivity index (χ2v) is 16.8. The molecule has 1 aliphatic rings. The molecule has 0 atom stereocenters. The third kappa shape index (κ3) is 6.08. The number of imidazole rings is 1. The Hall–Kier alpha value is -4.89. The number of hydrogen-bond donors (Lipinski definition) is 0. The molecule has 1 fully saturated rings. The van der Waals surface area contributed by atoms with Gasteiger partial charge in [0.25, 0.3) is 5.82 Å². The number of aromatic nitrogens is 2. The third-order valence-electron chi connectivity index (χ3n) is 11.9. The quantitative estimate of drug-likeness (QED) is 0.153. The fourth-order valence-electron chi connectivity index (χ4n) is 8.68. The molecule has 1 saturated carbocycles. The molecule has 0 N–H and O–H groups in total. The molecule has 1 aliphatic carbocycles. The number of furan rings is 1. The highest BCUT2D eigenvalue weighted by molar-refractivity contribution is 6.10. The van der Waals surface area contributed by atoms with Crippen LogP contribution in [-0.4, -0.2) is 4.57 Å². The molecule has 3 nitrogen and oxygen atoms in total. The van der Waals surface area contributed by atoms with Gasteiger partial charge in [-0.15, -0.1) is 0 Å². The minimum absolute atomic E-state index is 0.393. The van der Waals surface area contributed by atoms with E-state index in [4.69, 9.17) is 4.42 Å². The monoisotopic (exact) mass is 685 g/mol. The Morgan fingerprint density at radius 1 is 0.712 bits per heavy atom. The summed E-state index contributed by atoms with van der Waals surface area (Å²) >= 11 is 0. The summed E-state index contributed by atoms with van der Waals surface area (Å²) in [5, 5.41) is 2.29. The first-order valence-electron chi connectivity index (χ1n) is 19.4. The standard InChI is InChI=1S/C49H53N2O/c1-31(2)40-10-9-11-41(32(3)4)46(40)51-29-28-50(8)48(51)45-33(5)12-22-43-42-23-21-39(30-44(42)52-47(43)45)37-19-17-35(18-20-37)34-13-15-36(16-14-34)38-24-26-49(6,7)27-25-38/h9-23,28-32,38H,24-27H2,1-8H3/q+1. The first-order valence-corrected chi connectivity index (χ1v) is 19.4. The summed E-state index contributed by atoms with van der Waals surface area (Å²) in [5.74, 6) is 2.61.